The van der Waals surface area contributed by atoms with Crippen LogP contribution in [-0.4, -0.2) is 37.0 Å². The maximum Gasteiger partial charge on any atom is 0.408 e. The number of alkyl carbamates (subject to hydrolysis) is 1. The summed E-state index contributed by atoms with van der Waals surface area (Å²) in [6.07, 6.45) is 1.57. The molecule has 1 saturated carbocycles. The molecule has 0 bridgehead atoms. The summed E-state index contributed by atoms with van der Waals surface area (Å²) >= 11 is 0. The van der Waals surface area contributed by atoms with E-state index in [0.717, 1.165) is 12.8 Å². The average molecular weight is 303 g/mol. The molecular weight excluding hydrogens is 277 g/mol. The number of hydrogen-bond donors (Lipinski definition) is 1. The van der Waals surface area contributed by atoms with Gasteiger partial charge in [0.25, 0.3) is 0 Å². The highest BCUT2D eigenvalue weighted by Gasteiger charge is 2.30. The van der Waals surface area contributed by atoms with Crippen molar-refractivity contribution >= 4 is 12.1 Å². The first-order valence-electron chi connectivity index (χ1n) is 7.42. The molecule has 21 heavy (non-hydrogen) atoms. The molecule has 1 N–H and O–H groups in total. The van der Waals surface area contributed by atoms with E-state index >= 15 is 0 Å². The van der Waals surface area contributed by atoms with Crippen molar-refractivity contribution < 1.29 is 23.5 Å². The lowest BCUT2D eigenvalue weighted by molar-refractivity contribution is -0.143. The van der Waals surface area contributed by atoms with E-state index in [9.17, 15) is 14.0 Å². The molecule has 0 aromatic carbocycles. The predicted molar refractivity (Wildman–Crippen MR) is 76.6 cm³/mol. The van der Waals surface area contributed by atoms with Crippen molar-refractivity contribution in [1.29, 1.82) is 0 Å². The number of carbonyl (C=O) groups is 2. The van der Waals surface area contributed by atoms with Gasteiger partial charge in [-0.3, -0.25) is 0 Å². The molecule has 6 heteroatoms. The standard InChI is InChI=1S/C15H26FNO4/c1-15(2,3)21-14(19)17-12(13(18)20-4)9-10-5-7-11(16)8-6-10/h10-12H,5-9H2,1-4H3,(H,17,19)/t10?,11?,12-/m0/s1. The zero-order valence-corrected chi connectivity index (χ0v) is 13.3. The summed E-state index contributed by atoms with van der Waals surface area (Å²) in [5.41, 5.74) is -0.628. The van der Waals surface area contributed by atoms with Gasteiger partial charge in [0.05, 0.1) is 7.11 Å². The van der Waals surface area contributed by atoms with Gasteiger partial charge in [0.15, 0.2) is 0 Å². The summed E-state index contributed by atoms with van der Waals surface area (Å²) in [7, 11) is 1.28. The van der Waals surface area contributed by atoms with Crippen molar-refractivity contribution in [3.8, 4) is 0 Å². The van der Waals surface area contributed by atoms with E-state index in [1.165, 1.54) is 7.11 Å². The Kier molecular flexibility index (Phi) is 6.42. The number of alkyl halides is 1. The van der Waals surface area contributed by atoms with Gasteiger partial charge in [0.1, 0.15) is 17.8 Å². The molecule has 1 aliphatic rings. The maximum atomic E-state index is 13.1. The predicted octanol–water partition coefficient (Wildman–Crippen LogP) is 2.97. The maximum absolute atomic E-state index is 13.1. The molecule has 0 radical (unpaired) electrons. The molecule has 1 rings (SSSR count). The Labute approximate surface area is 125 Å². The van der Waals surface area contributed by atoms with Crippen molar-refractivity contribution in [2.75, 3.05) is 7.11 Å². The Balaban J connectivity index is 2.55. The summed E-state index contributed by atoms with van der Waals surface area (Å²) in [6, 6.07) is -0.744. The van der Waals surface area contributed by atoms with Crippen molar-refractivity contribution in [3.05, 3.63) is 0 Å². The average Bonchev–Trinajstić information content (AvgIpc) is 2.37. The molecule has 1 fully saturated rings. The van der Waals surface area contributed by atoms with E-state index in [0.29, 0.717) is 19.3 Å². The molecule has 0 saturated heterocycles. The summed E-state index contributed by atoms with van der Waals surface area (Å²) in [5.74, 6) is -0.278. The van der Waals surface area contributed by atoms with Crippen molar-refractivity contribution in [3.63, 3.8) is 0 Å². The second-order valence-corrected chi connectivity index (χ2v) is 6.58. The van der Waals surface area contributed by atoms with Gasteiger partial charge >= 0.3 is 12.1 Å². The number of halogens is 1. The lowest BCUT2D eigenvalue weighted by atomic mass is 9.84. The largest absolute Gasteiger partial charge is 0.467 e. The van der Waals surface area contributed by atoms with Gasteiger partial charge in [0, 0.05) is 0 Å². The molecule has 5 nitrogen and oxygen atoms in total. The minimum absolute atomic E-state index is 0.219. The van der Waals surface area contributed by atoms with Gasteiger partial charge in [-0.2, -0.15) is 0 Å². The quantitative estimate of drug-likeness (QED) is 0.811. The lowest BCUT2D eigenvalue weighted by Gasteiger charge is -2.28. The van der Waals surface area contributed by atoms with Crippen LogP contribution < -0.4 is 5.32 Å². The summed E-state index contributed by atoms with van der Waals surface area (Å²) in [5, 5.41) is 2.55. The molecule has 0 unspecified atom stereocenters. The fourth-order valence-electron chi connectivity index (χ4n) is 2.50. The third-order valence-electron chi connectivity index (χ3n) is 3.52. The van der Waals surface area contributed by atoms with Gasteiger partial charge < -0.3 is 14.8 Å². The highest BCUT2D eigenvalue weighted by atomic mass is 19.1. The van der Waals surface area contributed by atoms with E-state index in [4.69, 9.17) is 9.47 Å². The molecule has 0 spiro atoms. The number of rotatable bonds is 4. The van der Waals surface area contributed by atoms with Crippen LogP contribution in [0.15, 0.2) is 0 Å². The second-order valence-electron chi connectivity index (χ2n) is 6.58. The van der Waals surface area contributed by atoms with Crippen LogP contribution in [0, 0.1) is 5.92 Å². The SMILES string of the molecule is COC(=O)[C@H](CC1CCC(F)CC1)NC(=O)OC(C)(C)C. The molecule has 122 valence electrons. The molecule has 0 aromatic rings. The van der Waals surface area contributed by atoms with Crippen LogP contribution in [0.1, 0.15) is 52.9 Å². The number of hydrogen-bond acceptors (Lipinski definition) is 4. The van der Waals surface area contributed by atoms with Crippen LogP contribution in [0.5, 0.6) is 0 Å². The first-order chi connectivity index (χ1) is 9.71. The van der Waals surface area contributed by atoms with Crippen molar-refractivity contribution in [2.24, 2.45) is 5.92 Å². The van der Waals surface area contributed by atoms with Crippen molar-refractivity contribution in [2.45, 2.75) is 70.7 Å². The first-order valence-corrected chi connectivity index (χ1v) is 7.42. The van der Waals surface area contributed by atoms with E-state index < -0.39 is 29.9 Å². The Morgan fingerprint density at radius 3 is 2.29 bits per heavy atom. The number of esters is 1. The number of amides is 1. The zero-order valence-electron chi connectivity index (χ0n) is 13.3. The minimum Gasteiger partial charge on any atom is -0.467 e. The third kappa shape index (κ3) is 6.78. The molecular formula is C15H26FNO4. The van der Waals surface area contributed by atoms with Gasteiger partial charge in [-0.1, -0.05) is 0 Å². The number of methoxy groups -OCH3 is 1. The van der Waals surface area contributed by atoms with E-state index in [-0.39, 0.29) is 5.92 Å². The van der Waals surface area contributed by atoms with Crippen LogP contribution in [0.25, 0.3) is 0 Å². The fourth-order valence-corrected chi connectivity index (χ4v) is 2.50. The minimum atomic E-state index is -0.744. The summed E-state index contributed by atoms with van der Waals surface area (Å²) < 4.78 is 23.0. The van der Waals surface area contributed by atoms with Crippen LogP contribution in [0.3, 0.4) is 0 Å². The highest BCUT2D eigenvalue weighted by Crippen LogP contribution is 2.29. The summed E-state index contributed by atoms with van der Waals surface area (Å²) in [4.78, 5) is 23.6. The van der Waals surface area contributed by atoms with Crippen LogP contribution in [0.4, 0.5) is 9.18 Å². The first kappa shape index (κ1) is 17.7. The Morgan fingerprint density at radius 1 is 1.24 bits per heavy atom. The van der Waals surface area contributed by atoms with Crippen LogP contribution in [0.2, 0.25) is 0 Å². The van der Waals surface area contributed by atoms with E-state index in [1.807, 2.05) is 0 Å². The fraction of sp³-hybridized carbons (Fsp3) is 0.867. The molecule has 1 aliphatic carbocycles. The molecule has 1 atom stereocenters. The van der Waals surface area contributed by atoms with Gasteiger partial charge in [-0.05, 0) is 58.8 Å². The Bertz CT molecular complexity index is 359. The Morgan fingerprint density at radius 2 is 1.81 bits per heavy atom. The number of ether oxygens (including phenoxy) is 2. The summed E-state index contributed by atoms with van der Waals surface area (Å²) in [6.45, 7) is 5.26. The molecule has 1 amide bonds. The third-order valence-corrected chi connectivity index (χ3v) is 3.52. The van der Waals surface area contributed by atoms with Gasteiger partial charge in [-0.15, -0.1) is 0 Å². The van der Waals surface area contributed by atoms with Gasteiger partial charge in [-0.25, -0.2) is 14.0 Å². The highest BCUT2D eigenvalue weighted by molar-refractivity contribution is 5.81. The molecule has 0 heterocycles. The normalized spacial score (nSPS) is 24.0. The number of nitrogens with one attached hydrogen (secondary N) is 1. The monoisotopic (exact) mass is 303 g/mol. The zero-order chi connectivity index (χ0) is 16.0. The molecule has 0 aromatic heterocycles. The van der Waals surface area contributed by atoms with E-state index in [1.54, 1.807) is 20.8 Å². The van der Waals surface area contributed by atoms with Crippen LogP contribution >= 0.6 is 0 Å². The second kappa shape index (κ2) is 7.61. The van der Waals surface area contributed by atoms with Gasteiger partial charge in [0.2, 0.25) is 0 Å². The van der Waals surface area contributed by atoms with E-state index in [2.05, 4.69) is 5.32 Å². The van der Waals surface area contributed by atoms with Crippen LogP contribution in [-0.2, 0) is 14.3 Å². The number of carbonyl (C=O) groups excluding carboxylic acids is 2. The lowest BCUT2D eigenvalue weighted by Crippen LogP contribution is -2.45. The molecule has 0 aliphatic heterocycles. The Hall–Kier alpha value is -1.33. The smallest absolute Gasteiger partial charge is 0.408 e. The topological polar surface area (TPSA) is 64.6 Å². The van der Waals surface area contributed by atoms with Crippen molar-refractivity contribution in [1.82, 2.24) is 5.32 Å².